The third kappa shape index (κ3) is 3.70. The molecule has 2 aliphatic heterocycles. The van der Waals surface area contributed by atoms with Crippen molar-refractivity contribution in [2.75, 3.05) is 24.5 Å². The van der Waals surface area contributed by atoms with Crippen LogP contribution in [0.25, 0.3) is 0 Å². The Balaban J connectivity index is 1.41. The van der Waals surface area contributed by atoms with Crippen LogP contribution in [0.4, 0.5) is 5.69 Å². The number of piperidine rings is 1. The van der Waals surface area contributed by atoms with Gasteiger partial charge in [0.15, 0.2) is 0 Å². The van der Waals surface area contributed by atoms with Crippen LogP contribution in [-0.4, -0.2) is 45.4 Å². The van der Waals surface area contributed by atoms with E-state index < -0.39 is 0 Å². The molecule has 0 spiro atoms. The van der Waals surface area contributed by atoms with Gasteiger partial charge in [0.05, 0.1) is 6.20 Å². The Bertz CT molecular complexity index is 988. The summed E-state index contributed by atoms with van der Waals surface area (Å²) in [5, 5.41) is 8.02. The molecule has 0 bridgehead atoms. The van der Waals surface area contributed by atoms with E-state index in [2.05, 4.69) is 56.5 Å². The quantitative estimate of drug-likeness (QED) is 0.658. The van der Waals surface area contributed by atoms with Crippen molar-refractivity contribution in [3.05, 3.63) is 78.1 Å². The minimum Gasteiger partial charge on any atom is -0.355 e. The number of benzene rings is 2. The third-order valence-electron chi connectivity index (χ3n) is 6.33. The molecule has 1 aromatic heterocycles. The average molecular weight is 402 g/mol. The summed E-state index contributed by atoms with van der Waals surface area (Å²) >= 11 is 0. The molecular weight excluding hydrogens is 374 g/mol. The van der Waals surface area contributed by atoms with E-state index in [-0.39, 0.29) is 11.9 Å². The molecule has 0 saturated carbocycles. The number of anilines is 1. The monoisotopic (exact) mass is 401 g/mol. The number of hydrogen-bond acceptors (Lipinski definition) is 4. The second-order valence-electron chi connectivity index (χ2n) is 8.30. The fourth-order valence-corrected chi connectivity index (χ4v) is 4.90. The largest absolute Gasteiger partial charge is 0.355 e. The summed E-state index contributed by atoms with van der Waals surface area (Å²) in [5.74, 6) is 0.618. The van der Waals surface area contributed by atoms with E-state index in [1.807, 2.05) is 29.1 Å². The number of fused-ring (bicyclic) bond motifs is 1. The predicted molar refractivity (Wildman–Crippen MR) is 116 cm³/mol. The highest BCUT2D eigenvalue weighted by Gasteiger charge is 2.36. The van der Waals surface area contributed by atoms with Crippen molar-refractivity contribution in [3.63, 3.8) is 0 Å². The summed E-state index contributed by atoms with van der Waals surface area (Å²) in [4.78, 5) is 18.3. The molecule has 6 nitrogen and oxygen atoms in total. The molecule has 6 heteroatoms. The first-order valence-corrected chi connectivity index (χ1v) is 10.8. The molecule has 3 heterocycles. The van der Waals surface area contributed by atoms with Gasteiger partial charge in [-0.15, -0.1) is 5.10 Å². The first-order valence-electron chi connectivity index (χ1n) is 10.8. The van der Waals surface area contributed by atoms with Crippen LogP contribution in [0, 0.1) is 5.92 Å². The van der Waals surface area contributed by atoms with E-state index in [9.17, 15) is 4.79 Å². The zero-order valence-corrected chi connectivity index (χ0v) is 17.1. The highest BCUT2D eigenvalue weighted by molar-refractivity contribution is 5.87. The van der Waals surface area contributed by atoms with Gasteiger partial charge in [0.1, 0.15) is 6.04 Å². The number of nitrogens with zero attached hydrogens (tertiary/aromatic N) is 5. The van der Waals surface area contributed by atoms with Crippen molar-refractivity contribution in [1.29, 1.82) is 0 Å². The van der Waals surface area contributed by atoms with Crippen LogP contribution < -0.4 is 4.90 Å². The van der Waals surface area contributed by atoms with Crippen molar-refractivity contribution < 1.29 is 4.79 Å². The molecule has 3 aromatic rings. The first-order chi connectivity index (χ1) is 14.8. The van der Waals surface area contributed by atoms with Gasteiger partial charge in [-0.2, -0.15) is 0 Å². The molecule has 5 rings (SSSR count). The van der Waals surface area contributed by atoms with Gasteiger partial charge in [-0.25, -0.2) is 0 Å². The Hall–Kier alpha value is -3.15. The minimum absolute atomic E-state index is 0.209. The van der Waals surface area contributed by atoms with Gasteiger partial charge in [0, 0.05) is 38.1 Å². The molecule has 0 N–H and O–H groups in total. The normalized spacial score (nSPS) is 19.5. The van der Waals surface area contributed by atoms with Crippen molar-refractivity contribution in [3.8, 4) is 0 Å². The highest BCUT2D eigenvalue weighted by Crippen LogP contribution is 2.36. The summed E-state index contributed by atoms with van der Waals surface area (Å²) < 4.78 is 1.88. The third-order valence-corrected chi connectivity index (χ3v) is 6.33. The summed E-state index contributed by atoms with van der Waals surface area (Å²) in [6.07, 6.45) is 6.74. The number of amides is 1. The number of carbonyl (C=O) groups excluding carboxylic acids is 1. The van der Waals surface area contributed by atoms with E-state index in [0.29, 0.717) is 5.92 Å². The van der Waals surface area contributed by atoms with Crippen molar-refractivity contribution in [2.24, 2.45) is 5.92 Å². The van der Waals surface area contributed by atoms with E-state index >= 15 is 0 Å². The van der Waals surface area contributed by atoms with Gasteiger partial charge < -0.3 is 9.80 Å². The lowest BCUT2D eigenvalue weighted by atomic mass is 9.96. The lowest BCUT2D eigenvalue weighted by Gasteiger charge is -2.38. The molecule has 2 aliphatic rings. The van der Waals surface area contributed by atoms with Crippen molar-refractivity contribution in [2.45, 2.75) is 31.8 Å². The Kier molecular flexibility index (Phi) is 5.22. The average Bonchev–Trinajstić information content (AvgIpc) is 3.45. The zero-order chi connectivity index (χ0) is 20.3. The summed E-state index contributed by atoms with van der Waals surface area (Å²) in [5.41, 5.74) is 3.59. The SMILES string of the molecule is O=C(C(c1ccccc1)N1CCc2ccccc21)N1CCCC(Cn2ccnn2)C1. The Morgan fingerprint density at radius 3 is 2.73 bits per heavy atom. The van der Waals surface area contributed by atoms with Crippen LogP contribution >= 0.6 is 0 Å². The summed E-state index contributed by atoms with van der Waals surface area (Å²) in [6.45, 7) is 3.29. The number of likely N-dealkylation sites (tertiary alicyclic amines) is 1. The summed E-state index contributed by atoms with van der Waals surface area (Å²) in [7, 11) is 0. The van der Waals surface area contributed by atoms with Gasteiger partial charge in [-0.05, 0) is 42.4 Å². The maximum absolute atomic E-state index is 13.9. The highest BCUT2D eigenvalue weighted by atomic mass is 16.2. The lowest BCUT2D eigenvalue weighted by Crippen LogP contribution is -2.47. The standard InChI is InChI=1S/C24H27N5O/c30-24(27-14-6-7-19(17-27)18-28-16-13-25-26-28)23(21-9-2-1-3-10-21)29-15-12-20-8-4-5-11-22(20)29/h1-5,8-11,13,16,19,23H,6-7,12,14-15,17-18H2. The molecule has 30 heavy (non-hydrogen) atoms. The molecule has 2 unspecified atom stereocenters. The second-order valence-corrected chi connectivity index (χ2v) is 8.30. The Morgan fingerprint density at radius 2 is 1.90 bits per heavy atom. The second kappa shape index (κ2) is 8.30. The fourth-order valence-electron chi connectivity index (χ4n) is 4.90. The number of carbonyl (C=O) groups is 1. The van der Waals surface area contributed by atoms with Crippen LogP contribution in [0.2, 0.25) is 0 Å². The van der Waals surface area contributed by atoms with Crippen molar-refractivity contribution >= 4 is 11.6 Å². The zero-order valence-electron chi connectivity index (χ0n) is 17.1. The van der Waals surface area contributed by atoms with Gasteiger partial charge in [-0.3, -0.25) is 9.48 Å². The van der Waals surface area contributed by atoms with E-state index in [1.54, 1.807) is 6.20 Å². The molecular formula is C24H27N5O. The van der Waals surface area contributed by atoms with Crippen LogP contribution in [0.3, 0.4) is 0 Å². The van der Waals surface area contributed by atoms with Gasteiger partial charge in [0.2, 0.25) is 5.91 Å². The van der Waals surface area contributed by atoms with Crippen LogP contribution in [0.15, 0.2) is 67.0 Å². The summed E-state index contributed by atoms with van der Waals surface area (Å²) in [6, 6.07) is 18.4. The topological polar surface area (TPSA) is 54.3 Å². The molecule has 1 amide bonds. The van der Waals surface area contributed by atoms with E-state index in [4.69, 9.17) is 0 Å². The predicted octanol–water partition coefficient (Wildman–Crippen LogP) is 3.32. The Labute approximate surface area is 177 Å². The van der Waals surface area contributed by atoms with E-state index in [1.165, 1.54) is 11.3 Å². The van der Waals surface area contributed by atoms with Gasteiger partial charge in [0.25, 0.3) is 0 Å². The number of aromatic nitrogens is 3. The van der Waals surface area contributed by atoms with E-state index in [0.717, 1.165) is 51.0 Å². The molecule has 154 valence electrons. The first kappa shape index (κ1) is 18.9. The molecule has 0 radical (unpaired) electrons. The number of rotatable bonds is 5. The van der Waals surface area contributed by atoms with Crippen LogP contribution in [0.1, 0.15) is 30.0 Å². The molecule has 0 aliphatic carbocycles. The smallest absolute Gasteiger partial charge is 0.249 e. The molecule has 1 fully saturated rings. The van der Waals surface area contributed by atoms with Gasteiger partial charge >= 0.3 is 0 Å². The van der Waals surface area contributed by atoms with Crippen LogP contribution in [0.5, 0.6) is 0 Å². The Morgan fingerprint density at radius 1 is 1.07 bits per heavy atom. The fraction of sp³-hybridized carbons (Fsp3) is 0.375. The van der Waals surface area contributed by atoms with Gasteiger partial charge in [-0.1, -0.05) is 53.7 Å². The maximum Gasteiger partial charge on any atom is 0.249 e. The number of para-hydroxylation sites is 1. The van der Waals surface area contributed by atoms with Crippen molar-refractivity contribution in [1.82, 2.24) is 19.9 Å². The molecule has 1 saturated heterocycles. The minimum atomic E-state index is -0.278. The number of hydrogen-bond donors (Lipinski definition) is 0. The maximum atomic E-state index is 13.9. The molecule has 2 aromatic carbocycles. The van der Waals surface area contributed by atoms with Crippen LogP contribution in [-0.2, 0) is 17.8 Å². The molecule has 2 atom stereocenters. The lowest BCUT2D eigenvalue weighted by molar-refractivity contribution is -0.134.